The summed E-state index contributed by atoms with van der Waals surface area (Å²) in [5, 5.41) is 19.8. The van der Waals surface area contributed by atoms with Gasteiger partial charge in [0.15, 0.2) is 0 Å². The second-order valence-corrected chi connectivity index (χ2v) is 6.21. The van der Waals surface area contributed by atoms with Crippen LogP contribution < -0.4 is 0 Å². The zero-order valence-corrected chi connectivity index (χ0v) is 11.7. The van der Waals surface area contributed by atoms with Gasteiger partial charge in [-0.1, -0.05) is 26.8 Å². The lowest BCUT2D eigenvalue weighted by molar-refractivity contribution is -0.0799. The third kappa shape index (κ3) is 1.91. The Morgan fingerprint density at radius 1 is 1.50 bits per heavy atom. The monoisotopic (exact) mass is 257 g/mol. The molecule has 1 aliphatic heterocycles. The Hall–Kier alpha value is -1.07. The number of carboxylic acid groups (broad SMARTS) is 1. The molecule has 0 aliphatic carbocycles. The Bertz CT molecular complexity index is 358. The zero-order valence-electron chi connectivity index (χ0n) is 11.7. The van der Waals surface area contributed by atoms with Crippen molar-refractivity contribution < 1.29 is 19.7 Å². The summed E-state index contributed by atoms with van der Waals surface area (Å²) in [5.74, 6) is 0. The number of aliphatic hydroxyl groups excluding tert-OH is 1. The molecule has 1 aliphatic rings. The summed E-state index contributed by atoms with van der Waals surface area (Å²) in [5.41, 5.74) is -2.50. The molecule has 18 heavy (non-hydrogen) atoms. The van der Waals surface area contributed by atoms with E-state index < -0.39 is 28.9 Å². The van der Waals surface area contributed by atoms with E-state index in [1.165, 1.54) is 11.0 Å². The van der Waals surface area contributed by atoms with E-state index >= 15 is 0 Å². The van der Waals surface area contributed by atoms with E-state index in [1.54, 1.807) is 13.8 Å². The first-order chi connectivity index (χ1) is 8.00. The minimum absolute atomic E-state index is 0.142. The maximum absolute atomic E-state index is 11.6. The Labute approximate surface area is 108 Å². The van der Waals surface area contributed by atoms with Crippen LogP contribution in [0.4, 0.5) is 4.79 Å². The van der Waals surface area contributed by atoms with E-state index in [0.29, 0.717) is 0 Å². The average Bonchev–Trinajstić information content (AvgIpc) is 2.49. The van der Waals surface area contributed by atoms with Gasteiger partial charge in [0.25, 0.3) is 0 Å². The first-order valence-corrected chi connectivity index (χ1v) is 5.98. The highest BCUT2D eigenvalue weighted by atomic mass is 16.5. The normalized spacial score (nSPS) is 29.1. The number of carbonyl (C=O) groups is 1. The molecule has 0 aromatic carbocycles. The molecule has 0 aromatic heterocycles. The maximum Gasteiger partial charge on any atom is 0.410 e. The van der Waals surface area contributed by atoms with E-state index in [2.05, 4.69) is 6.58 Å². The molecule has 104 valence electrons. The summed E-state index contributed by atoms with van der Waals surface area (Å²) in [4.78, 5) is 12.8. The van der Waals surface area contributed by atoms with Gasteiger partial charge in [-0.2, -0.15) is 0 Å². The van der Waals surface area contributed by atoms with Crippen LogP contribution in [0.5, 0.6) is 0 Å². The molecule has 0 aromatic rings. The summed E-state index contributed by atoms with van der Waals surface area (Å²) in [6.45, 7) is 12.8. The van der Waals surface area contributed by atoms with Crippen molar-refractivity contribution in [1.29, 1.82) is 0 Å². The molecule has 1 fully saturated rings. The Balaban J connectivity index is 3.44. The molecule has 0 unspecified atom stereocenters. The first kappa shape index (κ1) is 15.0. The van der Waals surface area contributed by atoms with Gasteiger partial charge in [-0.05, 0) is 19.3 Å². The SMILES string of the molecule is C=C[C@@H](O)[C@]1(C(C)(C)C)COC(C)(C)N1C(=O)O. The van der Waals surface area contributed by atoms with E-state index in [4.69, 9.17) is 4.74 Å². The second kappa shape index (κ2) is 4.24. The lowest BCUT2D eigenvalue weighted by Crippen LogP contribution is -2.66. The third-order valence-corrected chi connectivity index (χ3v) is 3.79. The number of amides is 1. The first-order valence-electron chi connectivity index (χ1n) is 5.98. The molecular weight excluding hydrogens is 234 g/mol. The lowest BCUT2D eigenvalue weighted by Gasteiger charge is -2.49. The summed E-state index contributed by atoms with van der Waals surface area (Å²) in [6, 6.07) is 0. The molecule has 1 rings (SSSR count). The highest BCUT2D eigenvalue weighted by molar-refractivity contribution is 5.68. The van der Waals surface area contributed by atoms with Crippen LogP contribution in [0.3, 0.4) is 0 Å². The Morgan fingerprint density at radius 3 is 2.33 bits per heavy atom. The van der Waals surface area contributed by atoms with Crippen molar-refractivity contribution >= 4 is 6.09 Å². The highest BCUT2D eigenvalue weighted by Gasteiger charge is 2.62. The van der Waals surface area contributed by atoms with Crippen molar-refractivity contribution in [1.82, 2.24) is 4.90 Å². The van der Waals surface area contributed by atoms with Crippen molar-refractivity contribution in [2.24, 2.45) is 5.41 Å². The predicted octanol–water partition coefficient (Wildman–Crippen LogP) is 2.06. The smallest absolute Gasteiger partial charge is 0.410 e. The molecule has 0 bridgehead atoms. The van der Waals surface area contributed by atoms with Gasteiger partial charge in [0, 0.05) is 0 Å². The molecule has 0 saturated carbocycles. The fraction of sp³-hybridized carbons (Fsp3) is 0.769. The van der Waals surface area contributed by atoms with Crippen molar-refractivity contribution in [2.75, 3.05) is 6.61 Å². The van der Waals surface area contributed by atoms with Crippen LogP contribution in [0, 0.1) is 5.41 Å². The van der Waals surface area contributed by atoms with Gasteiger partial charge in [0.05, 0.1) is 12.7 Å². The molecule has 1 heterocycles. The van der Waals surface area contributed by atoms with Gasteiger partial charge in [0.1, 0.15) is 11.3 Å². The van der Waals surface area contributed by atoms with Crippen LogP contribution in [-0.2, 0) is 4.74 Å². The molecular formula is C13H23NO4. The number of nitrogens with zero attached hydrogens (tertiary/aromatic N) is 1. The van der Waals surface area contributed by atoms with E-state index in [-0.39, 0.29) is 6.61 Å². The van der Waals surface area contributed by atoms with Gasteiger partial charge < -0.3 is 14.9 Å². The summed E-state index contributed by atoms with van der Waals surface area (Å²) >= 11 is 0. The number of rotatable bonds is 2. The zero-order chi connectivity index (χ0) is 14.4. The lowest BCUT2D eigenvalue weighted by atomic mass is 9.69. The minimum atomic E-state index is -1.10. The molecule has 0 radical (unpaired) electrons. The Morgan fingerprint density at radius 2 is 2.00 bits per heavy atom. The molecule has 2 N–H and O–H groups in total. The fourth-order valence-corrected chi connectivity index (χ4v) is 2.71. The standard InChI is InChI=1S/C13H23NO4/c1-7-9(15)13(11(2,3)4)8-18-12(5,6)14(13)10(16)17/h7,9,15H,1,8H2,2-6H3,(H,16,17)/t9-,13+/m1/s1. The number of hydrogen-bond donors (Lipinski definition) is 2. The quantitative estimate of drug-likeness (QED) is 0.743. The Kier molecular flexibility index (Phi) is 3.53. The minimum Gasteiger partial charge on any atom is -0.465 e. The van der Waals surface area contributed by atoms with E-state index in [0.717, 1.165) is 0 Å². The van der Waals surface area contributed by atoms with Gasteiger partial charge >= 0.3 is 6.09 Å². The predicted molar refractivity (Wildman–Crippen MR) is 68.3 cm³/mol. The number of ether oxygens (including phenoxy) is 1. The number of aliphatic hydroxyl groups is 1. The van der Waals surface area contributed by atoms with Crippen LogP contribution in [-0.4, -0.2) is 45.2 Å². The molecule has 0 spiro atoms. The highest BCUT2D eigenvalue weighted by Crippen LogP contribution is 2.48. The summed E-state index contributed by atoms with van der Waals surface area (Å²) in [7, 11) is 0. The topological polar surface area (TPSA) is 70.0 Å². The molecule has 5 heteroatoms. The maximum atomic E-state index is 11.6. The van der Waals surface area contributed by atoms with Crippen LogP contribution in [0.25, 0.3) is 0 Å². The largest absolute Gasteiger partial charge is 0.465 e. The molecule has 1 saturated heterocycles. The second-order valence-electron chi connectivity index (χ2n) is 6.21. The summed E-state index contributed by atoms with van der Waals surface area (Å²) < 4.78 is 5.62. The summed E-state index contributed by atoms with van der Waals surface area (Å²) in [6.07, 6.45) is -0.727. The van der Waals surface area contributed by atoms with E-state index in [9.17, 15) is 15.0 Å². The van der Waals surface area contributed by atoms with Gasteiger partial charge in [-0.15, -0.1) is 6.58 Å². The molecule has 2 atom stereocenters. The van der Waals surface area contributed by atoms with E-state index in [1.807, 2.05) is 20.8 Å². The van der Waals surface area contributed by atoms with Crippen LogP contribution in [0.2, 0.25) is 0 Å². The number of hydrogen-bond acceptors (Lipinski definition) is 3. The van der Waals surface area contributed by atoms with Crippen molar-refractivity contribution in [3.63, 3.8) is 0 Å². The van der Waals surface area contributed by atoms with Gasteiger partial charge in [0.2, 0.25) is 0 Å². The average molecular weight is 257 g/mol. The van der Waals surface area contributed by atoms with Crippen molar-refractivity contribution in [2.45, 2.75) is 52.0 Å². The van der Waals surface area contributed by atoms with Crippen LogP contribution in [0.1, 0.15) is 34.6 Å². The molecule has 5 nitrogen and oxygen atoms in total. The fourth-order valence-electron chi connectivity index (χ4n) is 2.71. The van der Waals surface area contributed by atoms with Gasteiger partial charge in [-0.3, -0.25) is 4.90 Å². The van der Waals surface area contributed by atoms with Gasteiger partial charge in [-0.25, -0.2) is 4.79 Å². The van der Waals surface area contributed by atoms with Crippen molar-refractivity contribution in [3.8, 4) is 0 Å². The molecule has 1 amide bonds. The third-order valence-electron chi connectivity index (χ3n) is 3.79. The van der Waals surface area contributed by atoms with Crippen LogP contribution in [0.15, 0.2) is 12.7 Å². The van der Waals surface area contributed by atoms with Crippen LogP contribution >= 0.6 is 0 Å². The van der Waals surface area contributed by atoms with Crippen molar-refractivity contribution in [3.05, 3.63) is 12.7 Å².